The summed E-state index contributed by atoms with van der Waals surface area (Å²) in [6.45, 7) is 7.84. The van der Waals surface area contributed by atoms with Crippen LogP contribution in [0.5, 0.6) is 0 Å². The number of nitrogens with one attached hydrogen (secondary N) is 1. The fraction of sp³-hybridized carbons (Fsp3) is 0.857. The van der Waals surface area contributed by atoms with Crippen LogP contribution in [-0.4, -0.2) is 26.2 Å². The lowest BCUT2D eigenvalue weighted by Crippen LogP contribution is -2.17. The van der Waals surface area contributed by atoms with Crippen LogP contribution in [0.4, 0.5) is 0 Å². The maximum Gasteiger partial charge on any atom is 0.207 e. The maximum atomic E-state index is 9.60. The molecule has 62 valence electrons. The maximum absolute atomic E-state index is 9.60. The van der Waals surface area contributed by atoms with Crippen molar-refractivity contribution in [2.24, 2.45) is 0 Å². The Bertz CT molecular complexity index is 57.6. The molecule has 0 heterocycles. The highest BCUT2D eigenvalue weighted by Gasteiger charge is 1.79. The Labute approximate surface area is 62.8 Å². The van der Waals surface area contributed by atoms with Gasteiger partial charge in [0.05, 0.1) is 6.61 Å². The van der Waals surface area contributed by atoms with Crippen molar-refractivity contribution >= 4 is 6.41 Å². The van der Waals surface area contributed by atoms with Crippen molar-refractivity contribution in [2.75, 3.05) is 19.8 Å². The average molecular weight is 147 g/mol. The smallest absolute Gasteiger partial charge is 0.207 e. The first-order valence-corrected chi connectivity index (χ1v) is 3.66. The molecular weight excluding hydrogens is 130 g/mol. The van der Waals surface area contributed by atoms with Crippen molar-refractivity contribution in [3.05, 3.63) is 0 Å². The third kappa shape index (κ3) is 15.7. The standard InChI is InChI=1S/C5H11NO2.C2H6/c1-2-8-4-3-6-5-7;1-2/h5H,2-4H2,1H3,(H,6,7);1-2H3. The molecule has 0 bridgehead atoms. The number of rotatable bonds is 5. The van der Waals surface area contributed by atoms with E-state index in [9.17, 15) is 4.79 Å². The van der Waals surface area contributed by atoms with Crippen molar-refractivity contribution in [1.82, 2.24) is 5.32 Å². The number of carbonyl (C=O) groups excluding carboxylic acids is 1. The highest BCUT2D eigenvalue weighted by molar-refractivity contribution is 5.45. The van der Waals surface area contributed by atoms with E-state index in [4.69, 9.17) is 4.74 Å². The quantitative estimate of drug-likeness (QED) is 0.461. The molecule has 0 saturated carbocycles. The van der Waals surface area contributed by atoms with Gasteiger partial charge >= 0.3 is 0 Å². The van der Waals surface area contributed by atoms with Gasteiger partial charge in [-0.05, 0) is 6.92 Å². The number of amides is 1. The van der Waals surface area contributed by atoms with E-state index in [1.54, 1.807) is 0 Å². The molecule has 0 aliphatic heterocycles. The number of hydrogen-bond donors (Lipinski definition) is 1. The van der Waals surface area contributed by atoms with Crippen LogP contribution in [0.25, 0.3) is 0 Å². The van der Waals surface area contributed by atoms with Gasteiger partial charge < -0.3 is 10.1 Å². The predicted molar refractivity (Wildman–Crippen MR) is 41.9 cm³/mol. The van der Waals surface area contributed by atoms with Gasteiger partial charge in [0, 0.05) is 13.2 Å². The van der Waals surface area contributed by atoms with Crippen molar-refractivity contribution in [3.63, 3.8) is 0 Å². The molecule has 0 atom stereocenters. The molecule has 0 spiro atoms. The largest absolute Gasteiger partial charge is 0.380 e. The molecule has 0 aromatic heterocycles. The van der Waals surface area contributed by atoms with E-state index in [2.05, 4.69) is 5.32 Å². The van der Waals surface area contributed by atoms with Gasteiger partial charge in [0.1, 0.15) is 0 Å². The highest BCUT2D eigenvalue weighted by atomic mass is 16.5. The van der Waals surface area contributed by atoms with Gasteiger partial charge in [-0.15, -0.1) is 0 Å². The number of ether oxygens (including phenoxy) is 1. The van der Waals surface area contributed by atoms with Crippen LogP contribution in [0, 0.1) is 0 Å². The minimum atomic E-state index is 0.606. The molecule has 1 amide bonds. The molecule has 0 saturated heterocycles. The van der Waals surface area contributed by atoms with Crippen LogP contribution in [-0.2, 0) is 9.53 Å². The molecule has 0 radical (unpaired) electrons. The Morgan fingerprint density at radius 1 is 1.50 bits per heavy atom. The van der Waals surface area contributed by atoms with Gasteiger partial charge in [-0.3, -0.25) is 4.79 Å². The molecule has 0 unspecified atom stereocenters. The van der Waals surface area contributed by atoms with Crippen LogP contribution in [0.15, 0.2) is 0 Å². The van der Waals surface area contributed by atoms with E-state index >= 15 is 0 Å². The molecule has 1 N–H and O–H groups in total. The second-order valence-electron chi connectivity index (χ2n) is 1.27. The lowest BCUT2D eigenvalue weighted by atomic mass is 10.7. The Balaban J connectivity index is 0. The summed E-state index contributed by atoms with van der Waals surface area (Å²) in [5, 5.41) is 2.48. The van der Waals surface area contributed by atoms with Gasteiger partial charge in [-0.2, -0.15) is 0 Å². The molecule has 3 nitrogen and oxygen atoms in total. The molecule has 0 rings (SSSR count). The first kappa shape index (κ1) is 12.1. The molecule has 0 aliphatic carbocycles. The Morgan fingerprint density at radius 2 is 2.10 bits per heavy atom. The summed E-state index contributed by atoms with van der Waals surface area (Å²) in [5.41, 5.74) is 0. The Hall–Kier alpha value is -0.570. The molecule has 10 heavy (non-hydrogen) atoms. The Morgan fingerprint density at radius 3 is 2.50 bits per heavy atom. The summed E-state index contributed by atoms with van der Waals surface area (Å²) >= 11 is 0. The number of carbonyl (C=O) groups is 1. The summed E-state index contributed by atoms with van der Waals surface area (Å²) in [5.74, 6) is 0. The molecule has 0 aliphatic rings. The summed E-state index contributed by atoms with van der Waals surface area (Å²) in [6.07, 6.45) is 0.666. The van der Waals surface area contributed by atoms with Gasteiger partial charge in [0.15, 0.2) is 0 Å². The SMILES string of the molecule is CC.CCOCCNC=O. The minimum absolute atomic E-state index is 0.606. The second-order valence-corrected chi connectivity index (χ2v) is 1.27. The third-order valence-electron chi connectivity index (χ3n) is 0.678. The predicted octanol–water partition coefficient (Wildman–Crippen LogP) is 0.795. The lowest BCUT2D eigenvalue weighted by Gasteiger charge is -1.96. The first-order chi connectivity index (χ1) is 4.91. The van der Waals surface area contributed by atoms with E-state index in [1.165, 1.54) is 0 Å². The van der Waals surface area contributed by atoms with Crippen molar-refractivity contribution in [2.45, 2.75) is 20.8 Å². The van der Waals surface area contributed by atoms with Crippen LogP contribution >= 0.6 is 0 Å². The topological polar surface area (TPSA) is 38.3 Å². The summed E-state index contributed by atoms with van der Waals surface area (Å²) in [4.78, 5) is 9.60. The zero-order valence-corrected chi connectivity index (χ0v) is 7.02. The monoisotopic (exact) mass is 147 g/mol. The van der Waals surface area contributed by atoms with E-state index < -0.39 is 0 Å². The van der Waals surface area contributed by atoms with Gasteiger partial charge in [-0.25, -0.2) is 0 Å². The highest BCUT2D eigenvalue weighted by Crippen LogP contribution is 1.67. The normalized spacial score (nSPS) is 7.50. The summed E-state index contributed by atoms with van der Waals surface area (Å²) in [7, 11) is 0. The van der Waals surface area contributed by atoms with Crippen LogP contribution in [0.2, 0.25) is 0 Å². The number of hydrogen-bond acceptors (Lipinski definition) is 2. The molecule has 3 heteroatoms. The summed E-state index contributed by atoms with van der Waals surface area (Å²) < 4.78 is 4.91. The fourth-order valence-electron chi connectivity index (χ4n) is 0.334. The average Bonchev–Trinajstić information content (AvgIpc) is 2.02. The van der Waals surface area contributed by atoms with Gasteiger partial charge in [0.25, 0.3) is 0 Å². The minimum Gasteiger partial charge on any atom is -0.380 e. The van der Waals surface area contributed by atoms with E-state index in [0.717, 1.165) is 0 Å². The molecule has 0 aromatic rings. The molecular formula is C7H17NO2. The van der Waals surface area contributed by atoms with Crippen LogP contribution in [0.3, 0.4) is 0 Å². The van der Waals surface area contributed by atoms with Crippen LogP contribution < -0.4 is 5.32 Å². The van der Waals surface area contributed by atoms with Gasteiger partial charge in [0.2, 0.25) is 6.41 Å². The zero-order chi connectivity index (χ0) is 8.24. The third-order valence-corrected chi connectivity index (χ3v) is 0.678. The fourth-order valence-corrected chi connectivity index (χ4v) is 0.334. The van der Waals surface area contributed by atoms with Crippen LogP contribution in [0.1, 0.15) is 20.8 Å². The van der Waals surface area contributed by atoms with Gasteiger partial charge in [-0.1, -0.05) is 13.8 Å². The van der Waals surface area contributed by atoms with Crippen molar-refractivity contribution in [1.29, 1.82) is 0 Å². The lowest BCUT2D eigenvalue weighted by molar-refractivity contribution is -0.109. The molecule has 0 fully saturated rings. The first-order valence-electron chi connectivity index (χ1n) is 3.66. The summed E-state index contributed by atoms with van der Waals surface area (Å²) in [6, 6.07) is 0. The zero-order valence-electron chi connectivity index (χ0n) is 7.02. The van der Waals surface area contributed by atoms with E-state index in [0.29, 0.717) is 26.2 Å². The second kappa shape index (κ2) is 15.8. The van der Waals surface area contributed by atoms with E-state index in [-0.39, 0.29) is 0 Å². The van der Waals surface area contributed by atoms with Crippen molar-refractivity contribution < 1.29 is 9.53 Å². The Kier molecular flexibility index (Phi) is 19.2. The van der Waals surface area contributed by atoms with Crippen molar-refractivity contribution in [3.8, 4) is 0 Å². The van der Waals surface area contributed by atoms with E-state index in [1.807, 2.05) is 20.8 Å². The molecule has 0 aromatic carbocycles.